The van der Waals surface area contributed by atoms with Crippen LogP contribution in [0.1, 0.15) is 36.8 Å². The number of anilines is 1. The molecule has 0 aliphatic heterocycles. The highest BCUT2D eigenvalue weighted by atomic mass is 35.5. The van der Waals surface area contributed by atoms with Crippen LogP contribution < -0.4 is 14.8 Å². The minimum atomic E-state index is -0.344. The van der Waals surface area contributed by atoms with E-state index in [1.807, 2.05) is 12.1 Å². The van der Waals surface area contributed by atoms with Gasteiger partial charge in [-0.25, -0.2) is 9.36 Å². The first kappa shape index (κ1) is 23.4. The summed E-state index contributed by atoms with van der Waals surface area (Å²) < 4.78 is 14.5. The van der Waals surface area contributed by atoms with Crippen molar-refractivity contribution in [1.29, 1.82) is 0 Å². The van der Waals surface area contributed by atoms with Crippen molar-refractivity contribution in [2.75, 3.05) is 5.32 Å². The predicted octanol–water partition coefficient (Wildman–Crippen LogP) is 5.36. The van der Waals surface area contributed by atoms with Crippen molar-refractivity contribution in [2.45, 2.75) is 39.6 Å². The average molecular weight is 480 g/mol. The topological polar surface area (TPSA) is 83.2 Å². The molecule has 1 N–H and O–H groups in total. The molecule has 4 aromatic rings. The Balaban J connectivity index is 1.28. The molecule has 2 heterocycles. The van der Waals surface area contributed by atoms with Crippen LogP contribution in [0.5, 0.6) is 11.5 Å². The SMILES string of the molecule is CC(C)(C)c1ccc(OCn2ccc(C(=O)Nc3cnn(COc4cccc(Cl)c4)c3)n2)cc1. The fraction of sp³-hybridized carbons (Fsp3) is 0.240. The summed E-state index contributed by atoms with van der Waals surface area (Å²) in [6.45, 7) is 6.87. The number of nitrogens with zero attached hydrogens (tertiary/aromatic N) is 4. The molecule has 2 aromatic carbocycles. The molecule has 0 aliphatic rings. The third-order valence-corrected chi connectivity index (χ3v) is 5.24. The van der Waals surface area contributed by atoms with E-state index in [-0.39, 0.29) is 30.5 Å². The van der Waals surface area contributed by atoms with Crippen molar-refractivity contribution in [3.05, 3.63) is 89.5 Å². The van der Waals surface area contributed by atoms with Gasteiger partial charge in [0.05, 0.1) is 18.1 Å². The van der Waals surface area contributed by atoms with Crippen molar-refractivity contribution in [3.8, 4) is 11.5 Å². The number of benzene rings is 2. The fourth-order valence-electron chi connectivity index (χ4n) is 3.14. The Kier molecular flexibility index (Phi) is 6.88. The van der Waals surface area contributed by atoms with E-state index >= 15 is 0 Å². The maximum absolute atomic E-state index is 12.5. The number of carbonyl (C=O) groups is 1. The number of ether oxygens (including phenoxy) is 2. The van der Waals surface area contributed by atoms with Gasteiger partial charge in [0.2, 0.25) is 0 Å². The fourth-order valence-corrected chi connectivity index (χ4v) is 3.32. The highest BCUT2D eigenvalue weighted by molar-refractivity contribution is 6.30. The molecule has 0 bridgehead atoms. The van der Waals surface area contributed by atoms with E-state index in [9.17, 15) is 4.79 Å². The second-order valence-electron chi connectivity index (χ2n) is 8.74. The van der Waals surface area contributed by atoms with Crippen LogP contribution in [-0.2, 0) is 18.9 Å². The monoisotopic (exact) mass is 479 g/mol. The predicted molar refractivity (Wildman–Crippen MR) is 130 cm³/mol. The number of hydrogen-bond donors (Lipinski definition) is 1. The lowest BCUT2D eigenvalue weighted by atomic mass is 9.87. The average Bonchev–Trinajstić information content (AvgIpc) is 3.46. The summed E-state index contributed by atoms with van der Waals surface area (Å²) in [6.07, 6.45) is 4.91. The van der Waals surface area contributed by atoms with Crippen LogP contribution >= 0.6 is 11.6 Å². The van der Waals surface area contributed by atoms with E-state index in [2.05, 4.69) is 48.4 Å². The zero-order chi connectivity index (χ0) is 24.1. The third-order valence-electron chi connectivity index (χ3n) is 5.01. The molecule has 1 amide bonds. The van der Waals surface area contributed by atoms with Crippen LogP contribution in [0.25, 0.3) is 0 Å². The lowest BCUT2D eigenvalue weighted by Gasteiger charge is -2.19. The second-order valence-corrected chi connectivity index (χ2v) is 9.18. The van der Waals surface area contributed by atoms with E-state index < -0.39 is 0 Å². The van der Waals surface area contributed by atoms with Crippen molar-refractivity contribution < 1.29 is 14.3 Å². The third kappa shape index (κ3) is 6.17. The summed E-state index contributed by atoms with van der Waals surface area (Å²) in [5.41, 5.74) is 2.12. The zero-order valence-corrected chi connectivity index (χ0v) is 20.0. The van der Waals surface area contributed by atoms with Gasteiger partial charge in [-0.15, -0.1) is 0 Å². The normalized spacial score (nSPS) is 11.3. The Bertz CT molecular complexity index is 1260. The number of aromatic nitrogens is 4. The second kappa shape index (κ2) is 10.0. The number of halogens is 1. The molecule has 176 valence electrons. The molecule has 0 saturated heterocycles. The van der Waals surface area contributed by atoms with Crippen LogP contribution in [-0.4, -0.2) is 25.5 Å². The molecule has 2 aromatic heterocycles. The largest absolute Gasteiger partial charge is 0.471 e. The molecule has 0 unspecified atom stereocenters. The Labute approximate surface area is 203 Å². The van der Waals surface area contributed by atoms with Gasteiger partial charge in [0.15, 0.2) is 19.2 Å². The first-order valence-electron chi connectivity index (χ1n) is 10.8. The van der Waals surface area contributed by atoms with E-state index in [0.717, 1.165) is 5.75 Å². The van der Waals surface area contributed by atoms with Crippen molar-refractivity contribution in [1.82, 2.24) is 19.6 Å². The summed E-state index contributed by atoms with van der Waals surface area (Å²) in [4.78, 5) is 12.5. The molecule has 9 heteroatoms. The molecule has 0 spiro atoms. The molecule has 4 rings (SSSR count). The van der Waals surface area contributed by atoms with E-state index in [0.29, 0.717) is 16.5 Å². The van der Waals surface area contributed by atoms with Crippen molar-refractivity contribution in [2.24, 2.45) is 0 Å². The van der Waals surface area contributed by atoms with Crippen molar-refractivity contribution >= 4 is 23.2 Å². The van der Waals surface area contributed by atoms with E-state index in [1.54, 1.807) is 58.3 Å². The van der Waals surface area contributed by atoms with Gasteiger partial charge in [0, 0.05) is 11.2 Å². The Hall–Kier alpha value is -3.78. The number of hydrogen-bond acceptors (Lipinski definition) is 5. The van der Waals surface area contributed by atoms with Crippen LogP contribution in [0.15, 0.2) is 73.2 Å². The number of carbonyl (C=O) groups excluding carboxylic acids is 1. The van der Waals surface area contributed by atoms with Gasteiger partial charge in [-0.05, 0) is 47.4 Å². The van der Waals surface area contributed by atoms with Gasteiger partial charge >= 0.3 is 0 Å². The van der Waals surface area contributed by atoms with Crippen LogP contribution in [0.3, 0.4) is 0 Å². The molecule has 8 nitrogen and oxygen atoms in total. The van der Waals surface area contributed by atoms with Gasteiger partial charge in [-0.3, -0.25) is 4.79 Å². The lowest BCUT2D eigenvalue weighted by molar-refractivity contribution is 0.102. The van der Waals surface area contributed by atoms with Gasteiger partial charge in [0.1, 0.15) is 11.5 Å². The molecule has 0 atom stereocenters. The number of nitrogens with one attached hydrogen (secondary N) is 1. The van der Waals surface area contributed by atoms with Gasteiger partial charge < -0.3 is 14.8 Å². The molecule has 0 radical (unpaired) electrons. The van der Waals surface area contributed by atoms with Crippen LogP contribution in [0, 0.1) is 0 Å². The minimum absolute atomic E-state index is 0.0858. The maximum atomic E-state index is 12.5. The van der Waals surface area contributed by atoms with Crippen molar-refractivity contribution in [3.63, 3.8) is 0 Å². The van der Waals surface area contributed by atoms with Gasteiger partial charge in [0.25, 0.3) is 5.91 Å². The summed E-state index contributed by atoms with van der Waals surface area (Å²) in [5.74, 6) is 1.02. The molecule has 34 heavy (non-hydrogen) atoms. The number of amides is 1. The molecular formula is C25H26ClN5O3. The molecule has 0 saturated carbocycles. The molecular weight excluding hydrogens is 454 g/mol. The number of rotatable bonds is 8. The highest BCUT2D eigenvalue weighted by Gasteiger charge is 2.14. The first-order valence-corrected chi connectivity index (χ1v) is 11.1. The minimum Gasteiger partial charge on any atom is -0.471 e. The van der Waals surface area contributed by atoms with E-state index in [4.69, 9.17) is 21.1 Å². The molecule has 0 aliphatic carbocycles. The Morgan fingerprint density at radius 1 is 1.00 bits per heavy atom. The summed E-state index contributed by atoms with van der Waals surface area (Å²) >= 11 is 5.95. The molecule has 0 fully saturated rings. The first-order chi connectivity index (χ1) is 16.3. The zero-order valence-electron chi connectivity index (χ0n) is 19.2. The van der Waals surface area contributed by atoms with Crippen LogP contribution in [0.2, 0.25) is 5.02 Å². The van der Waals surface area contributed by atoms with Gasteiger partial charge in [-0.1, -0.05) is 50.6 Å². The maximum Gasteiger partial charge on any atom is 0.276 e. The van der Waals surface area contributed by atoms with Crippen LogP contribution in [0.4, 0.5) is 5.69 Å². The smallest absolute Gasteiger partial charge is 0.276 e. The summed E-state index contributed by atoms with van der Waals surface area (Å²) in [5, 5.41) is 11.8. The Morgan fingerprint density at radius 3 is 2.47 bits per heavy atom. The lowest BCUT2D eigenvalue weighted by Crippen LogP contribution is -2.14. The standard InChI is InChI=1S/C25H26ClN5O3/c1-25(2,3)18-7-9-21(10-8-18)33-16-30-12-11-23(29-30)24(32)28-20-14-27-31(15-20)17-34-22-6-4-5-19(26)13-22/h4-15H,16-17H2,1-3H3,(H,28,32). The quantitative estimate of drug-likeness (QED) is 0.368. The van der Waals surface area contributed by atoms with Gasteiger partial charge in [-0.2, -0.15) is 10.2 Å². The summed E-state index contributed by atoms with van der Waals surface area (Å²) in [6, 6.07) is 16.7. The summed E-state index contributed by atoms with van der Waals surface area (Å²) in [7, 11) is 0. The highest BCUT2D eigenvalue weighted by Crippen LogP contribution is 2.24. The Morgan fingerprint density at radius 2 is 1.74 bits per heavy atom. The van der Waals surface area contributed by atoms with E-state index in [1.165, 1.54) is 5.56 Å².